The quantitative estimate of drug-likeness (QED) is 0.673. The molecule has 4 heteroatoms. The van der Waals surface area contributed by atoms with Crippen molar-refractivity contribution in [1.82, 2.24) is 5.32 Å². The van der Waals surface area contributed by atoms with Crippen LogP contribution in [0.3, 0.4) is 0 Å². The predicted octanol–water partition coefficient (Wildman–Crippen LogP) is 1.02. The summed E-state index contributed by atoms with van der Waals surface area (Å²) in [5.41, 5.74) is 0. The molecule has 0 aliphatic carbocycles. The zero-order valence-corrected chi connectivity index (χ0v) is 7.92. The van der Waals surface area contributed by atoms with E-state index >= 15 is 0 Å². The molecule has 0 radical (unpaired) electrons. The van der Waals surface area contributed by atoms with Crippen LogP contribution in [0.25, 0.3) is 0 Å². The molecule has 0 bridgehead atoms. The second kappa shape index (κ2) is 4.84. The van der Waals surface area contributed by atoms with Crippen LogP contribution in [0.15, 0.2) is 4.99 Å². The van der Waals surface area contributed by atoms with E-state index in [1.54, 1.807) is 6.92 Å². The van der Waals surface area contributed by atoms with E-state index in [9.17, 15) is 4.79 Å². The van der Waals surface area contributed by atoms with Crippen LogP contribution in [0.5, 0.6) is 0 Å². The van der Waals surface area contributed by atoms with E-state index in [0.29, 0.717) is 0 Å². The van der Waals surface area contributed by atoms with Crippen molar-refractivity contribution in [3.8, 4) is 0 Å². The van der Waals surface area contributed by atoms with Crippen molar-refractivity contribution in [2.75, 3.05) is 6.54 Å². The lowest BCUT2D eigenvalue weighted by Crippen LogP contribution is -2.38. The van der Waals surface area contributed by atoms with Gasteiger partial charge >= 0.3 is 5.97 Å². The van der Waals surface area contributed by atoms with Crippen molar-refractivity contribution in [1.29, 1.82) is 0 Å². The number of carboxylic acids is 1. The van der Waals surface area contributed by atoms with Gasteiger partial charge in [-0.1, -0.05) is 6.42 Å². The van der Waals surface area contributed by atoms with Gasteiger partial charge in [0.2, 0.25) is 0 Å². The average Bonchev–Trinajstić information content (AvgIpc) is 2.32. The summed E-state index contributed by atoms with van der Waals surface area (Å²) >= 11 is 0. The van der Waals surface area contributed by atoms with E-state index < -0.39 is 12.0 Å². The van der Waals surface area contributed by atoms with E-state index in [2.05, 4.69) is 10.3 Å². The van der Waals surface area contributed by atoms with E-state index in [-0.39, 0.29) is 0 Å². The van der Waals surface area contributed by atoms with Gasteiger partial charge in [0.1, 0.15) is 6.04 Å². The van der Waals surface area contributed by atoms with Crippen molar-refractivity contribution < 1.29 is 9.90 Å². The molecule has 0 aromatic heterocycles. The SMILES string of the molecule is C[C@@H](NC1=NCCCCC1)C(=O)O. The Kier molecular flexibility index (Phi) is 3.73. The molecule has 2 N–H and O–H groups in total. The predicted molar refractivity (Wildman–Crippen MR) is 51.0 cm³/mol. The first-order valence-corrected chi connectivity index (χ1v) is 4.73. The highest BCUT2D eigenvalue weighted by Crippen LogP contribution is 2.06. The summed E-state index contributed by atoms with van der Waals surface area (Å²) < 4.78 is 0. The monoisotopic (exact) mass is 184 g/mol. The fourth-order valence-corrected chi connectivity index (χ4v) is 1.30. The van der Waals surface area contributed by atoms with Crippen LogP contribution in [0.2, 0.25) is 0 Å². The zero-order valence-electron chi connectivity index (χ0n) is 7.92. The van der Waals surface area contributed by atoms with Crippen LogP contribution >= 0.6 is 0 Å². The summed E-state index contributed by atoms with van der Waals surface area (Å²) in [6, 6.07) is -0.531. The van der Waals surface area contributed by atoms with Gasteiger partial charge in [0.05, 0.1) is 5.84 Å². The number of aliphatic carboxylic acids is 1. The molecule has 1 aliphatic heterocycles. The first-order valence-electron chi connectivity index (χ1n) is 4.73. The van der Waals surface area contributed by atoms with Gasteiger partial charge in [-0.3, -0.25) is 9.79 Å². The first kappa shape index (κ1) is 10.0. The van der Waals surface area contributed by atoms with Gasteiger partial charge in [-0.2, -0.15) is 0 Å². The number of aliphatic imine (C=N–C) groups is 1. The number of rotatable bonds is 2. The summed E-state index contributed by atoms with van der Waals surface area (Å²) in [5.74, 6) is 0.0272. The Morgan fingerprint density at radius 1 is 1.54 bits per heavy atom. The Morgan fingerprint density at radius 2 is 2.31 bits per heavy atom. The van der Waals surface area contributed by atoms with Gasteiger partial charge in [-0.25, -0.2) is 0 Å². The minimum atomic E-state index is -0.827. The molecule has 0 saturated carbocycles. The van der Waals surface area contributed by atoms with Gasteiger partial charge in [0.15, 0.2) is 0 Å². The molecule has 74 valence electrons. The van der Waals surface area contributed by atoms with Gasteiger partial charge < -0.3 is 10.4 Å². The molecule has 0 fully saturated rings. The summed E-state index contributed by atoms with van der Waals surface area (Å²) in [5, 5.41) is 11.6. The lowest BCUT2D eigenvalue weighted by atomic mass is 10.2. The lowest BCUT2D eigenvalue weighted by molar-refractivity contribution is -0.138. The van der Waals surface area contributed by atoms with E-state index in [1.807, 2.05) is 0 Å². The number of hydrogen-bond donors (Lipinski definition) is 2. The summed E-state index contributed by atoms with van der Waals surface area (Å²) in [6.07, 6.45) is 4.30. The van der Waals surface area contributed by atoms with Crippen LogP contribution in [0.4, 0.5) is 0 Å². The molecule has 1 atom stereocenters. The maximum Gasteiger partial charge on any atom is 0.325 e. The Balaban J connectivity index is 2.42. The molecule has 0 saturated heterocycles. The molecule has 1 aliphatic rings. The van der Waals surface area contributed by atoms with Gasteiger partial charge in [0, 0.05) is 13.0 Å². The normalized spacial score (nSPS) is 19.9. The third-order valence-electron chi connectivity index (χ3n) is 2.13. The Morgan fingerprint density at radius 3 is 3.00 bits per heavy atom. The molecule has 4 nitrogen and oxygen atoms in total. The molecule has 0 spiro atoms. The molecular formula is C9H16N2O2. The molecule has 0 unspecified atom stereocenters. The molecule has 13 heavy (non-hydrogen) atoms. The number of carboxylic acid groups (broad SMARTS) is 1. The number of hydrogen-bond acceptors (Lipinski definition) is 3. The Bertz CT molecular complexity index is 214. The largest absolute Gasteiger partial charge is 0.480 e. The van der Waals surface area contributed by atoms with Crippen LogP contribution in [-0.2, 0) is 4.79 Å². The molecular weight excluding hydrogens is 168 g/mol. The van der Waals surface area contributed by atoms with E-state index in [0.717, 1.165) is 31.6 Å². The number of carbonyl (C=O) groups is 1. The number of nitrogens with zero attached hydrogens (tertiary/aromatic N) is 1. The smallest absolute Gasteiger partial charge is 0.325 e. The maximum absolute atomic E-state index is 10.5. The second-order valence-electron chi connectivity index (χ2n) is 3.34. The first-order chi connectivity index (χ1) is 6.20. The van der Waals surface area contributed by atoms with Crippen molar-refractivity contribution in [3.05, 3.63) is 0 Å². The summed E-state index contributed by atoms with van der Waals surface area (Å²) in [6.45, 7) is 2.46. The van der Waals surface area contributed by atoms with Crippen LogP contribution < -0.4 is 5.32 Å². The third kappa shape index (κ3) is 3.44. The number of amidine groups is 1. The minimum absolute atomic E-state index is 0.531. The van der Waals surface area contributed by atoms with Gasteiger partial charge in [0.25, 0.3) is 0 Å². The molecule has 1 rings (SSSR count). The van der Waals surface area contributed by atoms with Crippen LogP contribution in [0.1, 0.15) is 32.6 Å². The van der Waals surface area contributed by atoms with E-state index in [4.69, 9.17) is 5.11 Å². The summed E-state index contributed by atoms with van der Waals surface area (Å²) in [4.78, 5) is 14.8. The van der Waals surface area contributed by atoms with Crippen molar-refractivity contribution in [2.24, 2.45) is 4.99 Å². The molecule has 0 aromatic rings. The average molecular weight is 184 g/mol. The second-order valence-corrected chi connectivity index (χ2v) is 3.34. The van der Waals surface area contributed by atoms with Crippen LogP contribution in [0, 0.1) is 0 Å². The van der Waals surface area contributed by atoms with E-state index in [1.165, 1.54) is 6.42 Å². The minimum Gasteiger partial charge on any atom is -0.480 e. The highest BCUT2D eigenvalue weighted by molar-refractivity contribution is 5.87. The zero-order chi connectivity index (χ0) is 9.68. The van der Waals surface area contributed by atoms with Gasteiger partial charge in [-0.05, 0) is 19.8 Å². The van der Waals surface area contributed by atoms with Crippen molar-refractivity contribution in [3.63, 3.8) is 0 Å². The van der Waals surface area contributed by atoms with Gasteiger partial charge in [-0.15, -0.1) is 0 Å². The third-order valence-corrected chi connectivity index (χ3v) is 2.13. The highest BCUT2D eigenvalue weighted by atomic mass is 16.4. The fraction of sp³-hybridized carbons (Fsp3) is 0.778. The standard InChI is InChI=1S/C9H16N2O2/c1-7(9(12)13)11-8-5-3-2-4-6-10-8/h7H,2-6H2,1H3,(H,10,11)(H,12,13)/t7-/m1/s1. The van der Waals surface area contributed by atoms with Crippen molar-refractivity contribution >= 4 is 11.8 Å². The maximum atomic E-state index is 10.5. The van der Waals surface area contributed by atoms with Crippen molar-refractivity contribution in [2.45, 2.75) is 38.6 Å². The molecule has 1 heterocycles. The Hall–Kier alpha value is -1.06. The van der Waals surface area contributed by atoms with Crippen LogP contribution in [-0.4, -0.2) is 29.5 Å². The topological polar surface area (TPSA) is 61.7 Å². The number of nitrogens with one attached hydrogen (secondary N) is 1. The highest BCUT2D eigenvalue weighted by Gasteiger charge is 2.12. The Labute approximate surface area is 78.1 Å². The fourth-order valence-electron chi connectivity index (χ4n) is 1.30. The molecule has 0 amide bonds. The lowest BCUT2D eigenvalue weighted by Gasteiger charge is -2.11. The molecule has 0 aromatic carbocycles. The summed E-state index contributed by atoms with van der Waals surface area (Å²) in [7, 11) is 0.